The van der Waals surface area contributed by atoms with Crippen LogP contribution in [0.25, 0.3) is 11.8 Å². The number of aliphatic hydroxyl groups is 1. The molecule has 7 nitrogen and oxygen atoms in total. The highest BCUT2D eigenvalue weighted by Gasteiger charge is 2.46. The Labute approximate surface area is 192 Å². The van der Waals surface area contributed by atoms with Crippen LogP contribution in [0.5, 0.6) is 0 Å². The van der Waals surface area contributed by atoms with Crippen molar-refractivity contribution in [3.8, 4) is 5.69 Å². The number of sulfone groups is 1. The van der Waals surface area contributed by atoms with Crippen molar-refractivity contribution in [2.24, 2.45) is 18.4 Å². The molecule has 1 saturated carbocycles. The maximum absolute atomic E-state index is 13.4. The van der Waals surface area contributed by atoms with E-state index in [2.05, 4.69) is 16.3 Å². The molecule has 2 aliphatic rings. The zero-order valence-corrected chi connectivity index (χ0v) is 19.5. The minimum absolute atomic E-state index is 0.0455. The van der Waals surface area contributed by atoms with Crippen molar-refractivity contribution in [3.05, 3.63) is 65.5 Å². The largest absolute Gasteiger partial charge is 0.395 e. The highest BCUT2D eigenvalue weighted by Crippen LogP contribution is 2.51. The first-order chi connectivity index (χ1) is 15.7. The Balaban J connectivity index is 1.45. The molecule has 0 amide bonds. The van der Waals surface area contributed by atoms with E-state index in [4.69, 9.17) is 0 Å². The second-order valence-corrected chi connectivity index (χ2v) is 11.6. The first kappa shape index (κ1) is 22.0. The summed E-state index contributed by atoms with van der Waals surface area (Å²) in [5, 5.41) is 18.5. The van der Waals surface area contributed by atoms with Crippen molar-refractivity contribution in [1.82, 2.24) is 19.6 Å². The first-order valence-corrected chi connectivity index (χ1v) is 12.7. The second kappa shape index (κ2) is 7.92. The normalized spacial score (nSPS) is 23.5. The van der Waals surface area contributed by atoms with E-state index in [-0.39, 0.29) is 23.2 Å². The molecular weight excluding hydrogens is 443 g/mol. The maximum Gasteiger partial charge on any atom is 0.184 e. The smallest absolute Gasteiger partial charge is 0.184 e. The lowest BCUT2D eigenvalue weighted by Crippen LogP contribution is -2.42. The number of aliphatic hydroxyl groups excluding tert-OH is 1. The molecule has 9 heteroatoms. The summed E-state index contributed by atoms with van der Waals surface area (Å²) in [6.45, 7) is 1.73. The third-order valence-corrected chi connectivity index (χ3v) is 9.61. The van der Waals surface area contributed by atoms with Crippen LogP contribution in [0.1, 0.15) is 37.4 Å². The topological polar surface area (TPSA) is 90.0 Å². The van der Waals surface area contributed by atoms with Gasteiger partial charge in [-0.1, -0.05) is 5.57 Å². The predicted octanol–water partition coefficient (Wildman–Crippen LogP) is 3.33. The fraction of sp³-hybridized carbons (Fsp3) is 0.417. The van der Waals surface area contributed by atoms with E-state index >= 15 is 0 Å². The minimum atomic E-state index is -3.52. The Kier molecular flexibility index (Phi) is 5.29. The standard InChI is InChI=1S/C24H27FN4O3S/c1-16(33(31,32)22-13-26-28(2)14-22)17-3-4-19-9-23-18(11-24(19,10-17)15-30)12-27-29(23)21-7-5-20(25)6-8-21/h5-9,12-14,16-17,30H,3-4,10-11,15H2,1-2H3/t16-,17+,24+/m1/s1. The van der Waals surface area contributed by atoms with E-state index in [1.54, 1.807) is 43.2 Å². The van der Waals surface area contributed by atoms with Crippen LogP contribution in [-0.2, 0) is 23.3 Å². The van der Waals surface area contributed by atoms with Crippen LogP contribution in [-0.4, -0.2) is 44.9 Å². The molecule has 2 aromatic heterocycles. The van der Waals surface area contributed by atoms with Crippen LogP contribution in [0.3, 0.4) is 0 Å². The highest BCUT2D eigenvalue weighted by molar-refractivity contribution is 7.92. The molecule has 33 heavy (non-hydrogen) atoms. The summed E-state index contributed by atoms with van der Waals surface area (Å²) in [6, 6.07) is 6.20. The molecule has 3 atom stereocenters. The first-order valence-electron chi connectivity index (χ1n) is 11.1. The van der Waals surface area contributed by atoms with Crippen molar-refractivity contribution in [3.63, 3.8) is 0 Å². The van der Waals surface area contributed by atoms with E-state index < -0.39 is 20.5 Å². The summed E-state index contributed by atoms with van der Waals surface area (Å²) >= 11 is 0. The third-order valence-electron chi connectivity index (χ3n) is 7.38. The molecule has 2 aliphatic carbocycles. The summed E-state index contributed by atoms with van der Waals surface area (Å²) in [5.74, 6) is -0.376. The van der Waals surface area contributed by atoms with Gasteiger partial charge in [0.05, 0.1) is 35.6 Å². The average Bonchev–Trinajstić information content (AvgIpc) is 3.43. The Morgan fingerprint density at radius 3 is 2.67 bits per heavy atom. The molecule has 0 unspecified atom stereocenters. The molecular formula is C24H27FN4O3S. The number of hydrogen-bond acceptors (Lipinski definition) is 5. The Morgan fingerprint density at radius 2 is 2.00 bits per heavy atom. The van der Waals surface area contributed by atoms with Gasteiger partial charge in [-0.15, -0.1) is 0 Å². The van der Waals surface area contributed by atoms with Gasteiger partial charge in [0.25, 0.3) is 0 Å². The lowest BCUT2D eigenvalue weighted by Gasteiger charge is -2.45. The van der Waals surface area contributed by atoms with Gasteiger partial charge in [0.1, 0.15) is 10.7 Å². The van der Waals surface area contributed by atoms with Crippen molar-refractivity contribution in [1.29, 1.82) is 0 Å². The number of aromatic nitrogens is 4. The Bertz CT molecular complexity index is 1330. The summed E-state index contributed by atoms with van der Waals surface area (Å²) < 4.78 is 43.1. The molecule has 1 aromatic carbocycles. The van der Waals surface area contributed by atoms with Gasteiger partial charge in [-0.05, 0) is 74.4 Å². The van der Waals surface area contributed by atoms with Crippen LogP contribution < -0.4 is 0 Å². The van der Waals surface area contributed by atoms with E-state index in [0.29, 0.717) is 19.3 Å². The van der Waals surface area contributed by atoms with Crippen LogP contribution in [0, 0.1) is 17.2 Å². The van der Waals surface area contributed by atoms with Gasteiger partial charge in [0.2, 0.25) is 0 Å². The second-order valence-electron chi connectivity index (χ2n) is 9.33. The summed E-state index contributed by atoms with van der Waals surface area (Å²) in [5.41, 5.74) is 3.35. The van der Waals surface area contributed by atoms with E-state index in [1.807, 2.05) is 0 Å². The minimum Gasteiger partial charge on any atom is -0.395 e. The number of halogens is 1. The number of fused-ring (bicyclic) bond motifs is 2. The molecule has 0 saturated heterocycles. The maximum atomic E-state index is 13.4. The van der Waals surface area contributed by atoms with Gasteiger partial charge in [0, 0.05) is 18.7 Å². The third kappa shape index (κ3) is 3.63. The molecule has 1 fully saturated rings. The number of rotatable bonds is 5. The molecule has 1 N–H and O–H groups in total. The van der Waals surface area contributed by atoms with E-state index in [0.717, 1.165) is 28.9 Å². The number of aryl methyl sites for hydroxylation is 1. The lowest BCUT2D eigenvalue weighted by atomic mass is 9.61. The van der Waals surface area contributed by atoms with Crippen LogP contribution in [0.15, 0.2) is 53.3 Å². The number of benzene rings is 1. The molecule has 3 aromatic rings. The van der Waals surface area contributed by atoms with E-state index in [9.17, 15) is 17.9 Å². The average molecular weight is 471 g/mol. The van der Waals surface area contributed by atoms with Gasteiger partial charge < -0.3 is 5.11 Å². The molecule has 0 spiro atoms. The van der Waals surface area contributed by atoms with Crippen molar-refractivity contribution < 1.29 is 17.9 Å². The number of nitrogens with zero attached hydrogens (tertiary/aromatic N) is 4. The van der Waals surface area contributed by atoms with Crippen molar-refractivity contribution in [2.45, 2.75) is 42.8 Å². The molecule has 2 heterocycles. The summed E-state index contributed by atoms with van der Waals surface area (Å²) in [6.07, 6.45) is 9.46. The fourth-order valence-corrected chi connectivity index (χ4v) is 7.05. The molecule has 174 valence electrons. The SMILES string of the molecule is C[C@H]([C@H]1CCC2=Cc3c(cnn3-c3ccc(F)cc3)C[C@]2(CO)C1)S(=O)(=O)c1cnn(C)c1. The van der Waals surface area contributed by atoms with Gasteiger partial charge in [0.15, 0.2) is 9.84 Å². The predicted molar refractivity (Wildman–Crippen MR) is 122 cm³/mol. The monoisotopic (exact) mass is 470 g/mol. The zero-order valence-electron chi connectivity index (χ0n) is 18.6. The summed E-state index contributed by atoms with van der Waals surface area (Å²) in [7, 11) is -1.82. The Hall–Kier alpha value is -2.78. The lowest BCUT2D eigenvalue weighted by molar-refractivity contribution is 0.103. The molecule has 0 bridgehead atoms. The van der Waals surface area contributed by atoms with Gasteiger partial charge in [-0.2, -0.15) is 10.2 Å². The van der Waals surface area contributed by atoms with Crippen LogP contribution in [0.4, 0.5) is 4.39 Å². The van der Waals surface area contributed by atoms with Gasteiger partial charge in [-0.25, -0.2) is 17.5 Å². The summed E-state index contributed by atoms with van der Waals surface area (Å²) in [4.78, 5) is 0.239. The Morgan fingerprint density at radius 1 is 1.24 bits per heavy atom. The molecule has 0 radical (unpaired) electrons. The number of hydrogen-bond donors (Lipinski definition) is 1. The van der Waals surface area contributed by atoms with Gasteiger partial charge in [-0.3, -0.25) is 4.68 Å². The van der Waals surface area contributed by atoms with Crippen LogP contribution >= 0.6 is 0 Å². The zero-order chi connectivity index (χ0) is 23.4. The van der Waals surface area contributed by atoms with Crippen molar-refractivity contribution >= 4 is 15.9 Å². The fourth-order valence-electron chi connectivity index (χ4n) is 5.39. The molecule has 5 rings (SSSR count). The van der Waals surface area contributed by atoms with E-state index in [1.165, 1.54) is 23.0 Å². The van der Waals surface area contributed by atoms with Crippen molar-refractivity contribution in [2.75, 3.05) is 6.61 Å². The van der Waals surface area contributed by atoms with Gasteiger partial charge >= 0.3 is 0 Å². The quantitative estimate of drug-likeness (QED) is 0.618. The molecule has 0 aliphatic heterocycles. The van der Waals surface area contributed by atoms with Crippen LogP contribution in [0.2, 0.25) is 0 Å². The highest BCUT2D eigenvalue weighted by atomic mass is 32.2.